The minimum Gasteiger partial charge on any atom is -0.497 e. The van der Waals surface area contributed by atoms with Gasteiger partial charge in [0.2, 0.25) is 10.0 Å². The summed E-state index contributed by atoms with van der Waals surface area (Å²) in [6.45, 7) is 4.15. The molecular formula is C21H27N3O4S. The highest BCUT2D eigenvalue weighted by molar-refractivity contribution is 7.89. The predicted molar refractivity (Wildman–Crippen MR) is 111 cm³/mol. The van der Waals surface area contributed by atoms with E-state index in [4.69, 9.17) is 9.88 Å². The van der Waals surface area contributed by atoms with E-state index >= 15 is 0 Å². The Hall–Kier alpha value is -2.42. The molecule has 0 aromatic heterocycles. The molecule has 2 aromatic carbocycles. The molecule has 0 aliphatic carbocycles. The zero-order chi connectivity index (χ0) is 21.0. The Labute approximate surface area is 171 Å². The number of benzene rings is 2. The molecule has 29 heavy (non-hydrogen) atoms. The van der Waals surface area contributed by atoms with E-state index in [-0.39, 0.29) is 16.8 Å². The molecule has 1 aliphatic rings. The molecule has 1 heterocycles. The Bertz CT molecular complexity index is 968. The quantitative estimate of drug-likeness (QED) is 0.719. The molecule has 7 nitrogen and oxygen atoms in total. The molecule has 1 aliphatic heterocycles. The summed E-state index contributed by atoms with van der Waals surface area (Å²) in [5.74, 6) is 0.471. The molecule has 0 unspecified atom stereocenters. The summed E-state index contributed by atoms with van der Waals surface area (Å²) in [5, 5.41) is 8.18. The Balaban J connectivity index is 1.79. The fraction of sp³-hybridized carbons (Fsp3) is 0.381. The number of primary sulfonamides is 1. The van der Waals surface area contributed by atoms with Crippen LogP contribution < -0.4 is 15.2 Å². The molecule has 2 aromatic rings. The summed E-state index contributed by atoms with van der Waals surface area (Å²) in [7, 11) is -2.24. The normalized spacial score (nSPS) is 15.8. The van der Waals surface area contributed by atoms with Gasteiger partial charge in [-0.15, -0.1) is 0 Å². The number of sulfonamides is 1. The van der Waals surface area contributed by atoms with E-state index in [9.17, 15) is 13.2 Å². The standard InChI is InChI=1S/C21H27N3O4S/c1-15-5-10-18(29(22,26)27)13-19(15)21(25)23-14-20(24-11-3-4-12-24)16-6-8-17(28-2)9-7-16/h5-10,13,20H,3-4,11-12,14H2,1-2H3,(H,23,25)(H2,22,26,27)/t20-/m1/s1. The number of nitrogens with two attached hydrogens (primary N) is 1. The lowest BCUT2D eigenvalue weighted by molar-refractivity contribution is 0.0937. The zero-order valence-electron chi connectivity index (χ0n) is 16.7. The number of aryl methyl sites for hydroxylation is 1. The van der Waals surface area contributed by atoms with Crippen LogP contribution in [0.25, 0.3) is 0 Å². The molecule has 0 spiro atoms. The van der Waals surface area contributed by atoms with Gasteiger partial charge >= 0.3 is 0 Å². The fourth-order valence-corrected chi connectivity index (χ4v) is 4.18. The number of carbonyl (C=O) groups excluding carboxylic acids is 1. The van der Waals surface area contributed by atoms with Gasteiger partial charge in [0, 0.05) is 12.1 Å². The topological polar surface area (TPSA) is 102 Å². The molecule has 156 valence electrons. The molecule has 8 heteroatoms. The average molecular weight is 418 g/mol. The van der Waals surface area contributed by atoms with Crippen LogP contribution in [-0.4, -0.2) is 46.0 Å². The number of carbonyl (C=O) groups is 1. The predicted octanol–water partition coefficient (Wildman–Crippen LogP) is 2.22. The van der Waals surface area contributed by atoms with Crippen LogP contribution in [0.5, 0.6) is 5.75 Å². The molecule has 1 saturated heterocycles. The van der Waals surface area contributed by atoms with E-state index in [1.54, 1.807) is 20.1 Å². The van der Waals surface area contributed by atoms with Gasteiger partial charge in [0.1, 0.15) is 5.75 Å². The van der Waals surface area contributed by atoms with Gasteiger partial charge in [0.05, 0.1) is 18.0 Å². The van der Waals surface area contributed by atoms with Gasteiger partial charge < -0.3 is 10.1 Å². The molecule has 3 N–H and O–H groups in total. The largest absolute Gasteiger partial charge is 0.497 e. The van der Waals surface area contributed by atoms with Gasteiger partial charge in [-0.2, -0.15) is 0 Å². The van der Waals surface area contributed by atoms with Crippen molar-refractivity contribution in [3.63, 3.8) is 0 Å². The highest BCUT2D eigenvalue weighted by Gasteiger charge is 2.24. The molecule has 1 amide bonds. The van der Waals surface area contributed by atoms with Crippen LogP contribution in [0.2, 0.25) is 0 Å². The van der Waals surface area contributed by atoms with E-state index in [0.29, 0.717) is 17.7 Å². The minimum atomic E-state index is -3.87. The monoisotopic (exact) mass is 417 g/mol. The number of nitrogens with zero attached hydrogens (tertiary/aromatic N) is 1. The van der Waals surface area contributed by atoms with Gasteiger partial charge in [0.25, 0.3) is 5.91 Å². The molecule has 0 bridgehead atoms. The summed E-state index contributed by atoms with van der Waals surface area (Å²) >= 11 is 0. The van der Waals surface area contributed by atoms with Crippen LogP contribution in [-0.2, 0) is 10.0 Å². The first-order valence-electron chi connectivity index (χ1n) is 9.59. The maximum absolute atomic E-state index is 12.8. The van der Waals surface area contributed by atoms with E-state index in [1.807, 2.05) is 24.3 Å². The number of nitrogens with one attached hydrogen (secondary N) is 1. The van der Waals surface area contributed by atoms with Crippen molar-refractivity contribution < 1.29 is 17.9 Å². The number of rotatable bonds is 7. The van der Waals surface area contributed by atoms with Crippen molar-refractivity contribution in [1.29, 1.82) is 0 Å². The van der Waals surface area contributed by atoms with Gasteiger partial charge in [-0.1, -0.05) is 18.2 Å². The fourth-order valence-electron chi connectivity index (χ4n) is 3.64. The smallest absolute Gasteiger partial charge is 0.251 e. The van der Waals surface area contributed by atoms with Crippen LogP contribution in [0.1, 0.15) is 40.4 Å². The Morgan fingerprint density at radius 1 is 1.17 bits per heavy atom. The first-order valence-corrected chi connectivity index (χ1v) is 11.1. The SMILES string of the molecule is COc1ccc([C@@H](CNC(=O)c2cc(S(N)(=O)=O)ccc2C)N2CCCC2)cc1. The van der Waals surface area contributed by atoms with Crippen molar-refractivity contribution in [2.45, 2.75) is 30.7 Å². The van der Waals surface area contributed by atoms with Crippen LogP contribution >= 0.6 is 0 Å². The van der Waals surface area contributed by atoms with E-state index in [2.05, 4.69) is 10.2 Å². The van der Waals surface area contributed by atoms with Gasteiger partial charge in [0.15, 0.2) is 0 Å². The van der Waals surface area contributed by atoms with Crippen molar-refractivity contribution in [3.8, 4) is 5.75 Å². The van der Waals surface area contributed by atoms with Crippen molar-refractivity contribution in [2.24, 2.45) is 5.14 Å². The third-order valence-corrected chi connectivity index (χ3v) is 6.23. The number of methoxy groups -OCH3 is 1. The highest BCUT2D eigenvalue weighted by Crippen LogP contribution is 2.26. The Morgan fingerprint density at radius 2 is 1.83 bits per heavy atom. The molecule has 1 fully saturated rings. The van der Waals surface area contributed by atoms with Crippen molar-refractivity contribution in [3.05, 3.63) is 59.2 Å². The summed E-state index contributed by atoms with van der Waals surface area (Å²) < 4.78 is 28.5. The Morgan fingerprint density at radius 3 is 2.41 bits per heavy atom. The molecule has 0 saturated carbocycles. The second kappa shape index (κ2) is 8.94. The lowest BCUT2D eigenvalue weighted by Crippen LogP contribution is -2.37. The lowest BCUT2D eigenvalue weighted by Gasteiger charge is -2.28. The third kappa shape index (κ3) is 5.14. The van der Waals surface area contributed by atoms with E-state index in [0.717, 1.165) is 37.2 Å². The second-order valence-electron chi connectivity index (χ2n) is 7.26. The number of ether oxygens (including phenoxy) is 1. The first-order chi connectivity index (χ1) is 13.8. The second-order valence-corrected chi connectivity index (χ2v) is 8.83. The number of likely N-dealkylation sites (tertiary alicyclic amines) is 1. The van der Waals surface area contributed by atoms with Crippen molar-refractivity contribution in [1.82, 2.24) is 10.2 Å². The highest BCUT2D eigenvalue weighted by atomic mass is 32.2. The molecule has 3 rings (SSSR count). The van der Waals surface area contributed by atoms with Gasteiger partial charge in [-0.25, -0.2) is 13.6 Å². The average Bonchev–Trinajstić information content (AvgIpc) is 3.22. The number of hydrogen-bond acceptors (Lipinski definition) is 5. The van der Waals surface area contributed by atoms with Gasteiger partial charge in [-0.05, 0) is 68.2 Å². The van der Waals surface area contributed by atoms with Crippen molar-refractivity contribution >= 4 is 15.9 Å². The first kappa shape index (κ1) is 21.3. The Kier molecular flexibility index (Phi) is 6.56. The number of hydrogen-bond donors (Lipinski definition) is 2. The third-order valence-electron chi connectivity index (χ3n) is 5.32. The van der Waals surface area contributed by atoms with Crippen LogP contribution in [0.3, 0.4) is 0 Å². The minimum absolute atomic E-state index is 0.0362. The van der Waals surface area contributed by atoms with Crippen LogP contribution in [0, 0.1) is 6.92 Å². The zero-order valence-corrected chi connectivity index (χ0v) is 17.5. The van der Waals surface area contributed by atoms with Crippen molar-refractivity contribution in [2.75, 3.05) is 26.7 Å². The molecule has 1 atom stereocenters. The molecule has 0 radical (unpaired) electrons. The van der Waals surface area contributed by atoms with Gasteiger partial charge in [-0.3, -0.25) is 9.69 Å². The number of amides is 1. The maximum atomic E-state index is 12.8. The summed E-state index contributed by atoms with van der Waals surface area (Å²) in [5.41, 5.74) is 2.10. The maximum Gasteiger partial charge on any atom is 0.251 e. The summed E-state index contributed by atoms with van der Waals surface area (Å²) in [6, 6.07) is 12.2. The van der Waals surface area contributed by atoms with E-state index in [1.165, 1.54) is 12.1 Å². The summed E-state index contributed by atoms with van der Waals surface area (Å²) in [6.07, 6.45) is 2.27. The van der Waals surface area contributed by atoms with Crippen LogP contribution in [0.4, 0.5) is 0 Å². The van der Waals surface area contributed by atoms with E-state index < -0.39 is 10.0 Å². The van der Waals surface area contributed by atoms with Crippen LogP contribution in [0.15, 0.2) is 47.4 Å². The molecular weight excluding hydrogens is 390 g/mol. The summed E-state index contributed by atoms with van der Waals surface area (Å²) in [4.78, 5) is 15.1. The lowest BCUT2D eigenvalue weighted by atomic mass is 10.0.